The minimum absolute atomic E-state index is 0.0524. The molecule has 2 atom stereocenters. The van der Waals surface area contributed by atoms with Gasteiger partial charge in [-0.3, -0.25) is 9.59 Å². The fourth-order valence-corrected chi connectivity index (χ4v) is 4.16. The van der Waals surface area contributed by atoms with Crippen molar-refractivity contribution in [2.45, 2.75) is 51.5 Å². The van der Waals surface area contributed by atoms with Crippen LogP contribution in [0.4, 0.5) is 0 Å². The fraction of sp³-hybridized carbons (Fsp3) is 0.440. The van der Waals surface area contributed by atoms with Gasteiger partial charge in [-0.1, -0.05) is 25.1 Å². The second-order valence-corrected chi connectivity index (χ2v) is 9.65. The smallest absolute Gasteiger partial charge is 0.249 e. The minimum atomic E-state index is -0.845. The first-order valence-corrected chi connectivity index (χ1v) is 12.9. The van der Waals surface area contributed by atoms with Crippen molar-refractivity contribution in [1.29, 1.82) is 0 Å². The zero-order chi connectivity index (χ0) is 26.4. The first-order valence-electron chi connectivity index (χ1n) is 11.5. The van der Waals surface area contributed by atoms with Gasteiger partial charge < -0.3 is 29.2 Å². The normalized spacial score (nSPS) is 12.9. The second kappa shape index (κ2) is 12.0. The third kappa shape index (κ3) is 6.39. The second-order valence-electron chi connectivity index (χ2n) is 8.67. The van der Waals surface area contributed by atoms with E-state index in [2.05, 4.69) is 15.5 Å². The zero-order valence-electron chi connectivity index (χ0n) is 20.9. The maximum absolute atomic E-state index is 13.3. The summed E-state index contributed by atoms with van der Waals surface area (Å²) in [4.78, 5) is 30.0. The van der Waals surface area contributed by atoms with Crippen LogP contribution in [0.1, 0.15) is 73.4 Å². The van der Waals surface area contributed by atoms with Gasteiger partial charge >= 0.3 is 0 Å². The van der Waals surface area contributed by atoms with Crippen LogP contribution >= 0.6 is 11.8 Å². The number of aromatic hydroxyl groups is 2. The SMILES string of the molecule is COc1cc(C(CC(=O)NC(CCSC)c2nc(C(C)C)no2)c2oc(C)cc(=O)c2O)ccc1O. The molecule has 0 radical (unpaired) electrons. The third-order valence-electron chi connectivity index (χ3n) is 5.60. The van der Waals surface area contributed by atoms with E-state index in [1.807, 2.05) is 20.1 Å². The van der Waals surface area contributed by atoms with Crippen LogP contribution in [0.25, 0.3) is 0 Å². The molecule has 11 heteroatoms. The lowest BCUT2D eigenvalue weighted by atomic mass is 9.91. The van der Waals surface area contributed by atoms with Gasteiger partial charge in [0, 0.05) is 18.4 Å². The Morgan fingerprint density at radius 3 is 2.64 bits per heavy atom. The van der Waals surface area contributed by atoms with Crippen LogP contribution in [-0.4, -0.2) is 45.4 Å². The van der Waals surface area contributed by atoms with Crippen molar-refractivity contribution in [3.05, 3.63) is 63.3 Å². The molecule has 3 aromatic rings. The molecule has 3 rings (SSSR count). The fourth-order valence-electron chi connectivity index (χ4n) is 3.69. The van der Waals surface area contributed by atoms with Crippen LogP contribution in [0.2, 0.25) is 0 Å². The van der Waals surface area contributed by atoms with E-state index in [1.54, 1.807) is 24.8 Å². The Balaban J connectivity index is 1.96. The molecule has 1 aromatic carbocycles. The maximum atomic E-state index is 13.3. The lowest BCUT2D eigenvalue weighted by Crippen LogP contribution is -2.30. The van der Waals surface area contributed by atoms with Crippen molar-refractivity contribution in [3.63, 3.8) is 0 Å². The summed E-state index contributed by atoms with van der Waals surface area (Å²) in [6.07, 6.45) is 2.35. The van der Waals surface area contributed by atoms with Crippen molar-refractivity contribution in [2.75, 3.05) is 19.1 Å². The number of methoxy groups -OCH3 is 1. The maximum Gasteiger partial charge on any atom is 0.249 e. The highest BCUT2D eigenvalue weighted by molar-refractivity contribution is 7.98. The van der Waals surface area contributed by atoms with Crippen LogP contribution in [0.5, 0.6) is 17.2 Å². The average molecular weight is 518 g/mol. The summed E-state index contributed by atoms with van der Waals surface area (Å²) in [5, 5.41) is 27.5. The molecule has 2 unspecified atom stereocenters. The Morgan fingerprint density at radius 1 is 1.25 bits per heavy atom. The van der Waals surface area contributed by atoms with Crippen molar-refractivity contribution < 1.29 is 28.7 Å². The van der Waals surface area contributed by atoms with Crippen LogP contribution < -0.4 is 15.5 Å². The molecule has 0 aliphatic carbocycles. The van der Waals surface area contributed by atoms with Gasteiger partial charge in [0.15, 0.2) is 23.1 Å². The van der Waals surface area contributed by atoms with Crippen molar-refractivity contribution in [3.8, 4) is 17.2 Å². The first kappa shape index (κ1) is 27.1. The molecule has 1 amide bonds. The molecule has 2 heterocycles. The van der Waals surface area contributed by atoms with Gasteiger partial charge in [-0.05, 0) is 43.0 Å². The Hall–Kier alpha value is -3.47. The molecule has 194 valence electrons. The van der Waals surface area contributed by atoms with Gasteiger partial charge in [-0.15, -0.1) is 0 Å². The molecule has 0 bridgehead atoms. The van der Waals surface area contributed by atoms with Crippen LogP contribution in [0, 0.1) is 6.92 Å². The van der Waals surface area contributed by atoms with Gasteiger partial charge in [0.05, 0.1) is 13.0 Å². The van der Waals surface area contributed by atoms with E-state index in [0.29, 0.717) is 23.7 Å². The summed E-state index contributed by atoms with van der Waals surface area (Å²) in [6.45, 7) is 5.48. The van der Waals surface area contributed by atoms with E-state index in [0.717, 1.165) is 5.75 Å². The number of amides is 1. The van der Waals surface area contributed by atoms with Gasteiger partial charge in [-0.2, -0.15) is 16.7 Å². The Morgan fingerprint density at radius 2 is 2.00 bits per heavy atom. The van der Waals surface area contributed by atoms with Crippen molar-refractivity contribution >= 4 is 17.7 Å². The van der Waals surface area contributed by atoms with Gasteiger partial charge in [-0.25, -0.2) is 0 Å². The largest absolute Gasteiger partial charge is 0.504 e. The number of rotatable bonds is 11. The first-order chi connectivity index (χ1) is 17.1. The van der Waals surface area contributed by atoms with Gasteiger partial charge in [0.2, 0.25) is 23.0 Å². The number of hydrogen-bond donors (Lipinski definition) is 3. The molecule has 0 aliphatic heterocycles. The third-order valence-corrected chi connectivity index (χ3v) is 6.25. The predicted octanol–water partition coefficient (Wildman–Crippen LogP) is 4.01. The number of nitrogens with one attached hydrogen (secondary N) is 1. The lowest BCUT2D eigenvalue weighted by Gasteiger charge is -2.20. The predicted molar refractivity (Wildman–Crippen MR) is 135 cm³/mol. The summed E-state index contributed by atoms with van der Waals surface area (Å²) in [5.41, 5.74) is -0.112. The van der Waals surface area contributed by atoms with Crippen LogP contribution in [-0.2, 0) is 4.79 Å². The molecule has 36 heavy (non-hydrogen) atoms. The minimum Gasteiger partial charge on any atom is -0.504 e. The molecule has 2 aromatic heterocycles. The topological polar surface area (TPSA) is 148 Å². The number of thioether (sulfide) groups is 1. The summed E-state index contributed by atoms with van der Waals surface area (Å²) in [6, 6.07) is 5.19. The van der Waals surface area contributed by atoms with Crippen LogP contribution in [0.3, 0.4) is 0 Å². The Kier molecular flexibility index (Phi) is 9.03. The zero-order valence-corrected chi connectivity index (χ0v) is 21.7. The van der Waals surface area contributed by atoms with E-state index in [4.69, 9.17) is 13.7 Å². The molecule has 0 spiro atoms. The number of ether oxygens (including phenoxy) is 1. The number of carbonyl (C=O) groups excluding carboxylic acids is 1. The number of aryl methyl sites for hydroxylation is 1. The number of phenolic OH excluding ortho intramolecular Hbond substituents is 1. The quantitative estimate of drug-likeness (QED) is 0.341. The summed E-state index contributed by atoms with van der Waals surface area (Å²) < 4.78 is 16.3. The monoisotopic (exact) mass is 517 g/mol. The highest BCUT2D eigenvalue weighted by atomic mass is 32.2. The molecule has 0 saturated heterocycles. The van der Waals surface area contributed by atoms with Crippen molar-refractivity contribution in [1.82, 2.24) is 15.5 Å². The Labute approximate surface area is 213 Å². The number of carbonyl (C=O) groups is 1. The summed E-state index contributed by atoms with van der Waals surface area (Å²) in [7, 11) is 1.40. The lowest BCUT2D eigenvalue weighted by molar-refractivity contribution is -0.122. The van der Waals surface area contributed by atoms with E-state index in [9.17, 15) is 19.8 Å². The number of hydrogen-bond acceptors (Lipinski definition) is 10. The molecule has 10 nitrogen and oxygen atoms in total. The number of phenols is 1. The summed E-state index contributed by atoms with van der Waals surface area (Å²) in [5.74, 6) is 0.194. The average Bonchev–Trinajstić information content (AvgIpc) is 3.34. The standard InChI is InChI=1S/C25H31N3O7S/c1-13(2)24-27-25(35-28-24)17(8-9-36-5)26-21(31)12-16(15-6-7-18(29)20(11-15)33-4)23-22(32)19(30)10-14(3)34-23/h6-7,10-11,13,16-17,29,32H,8-9,12H2,1-5H3,(H,26,31). The molecule has 0 saturated carbocycles. The molecule has 3 N–H and O–H groups in total. The van der Waals surface area contributed by atoms with Crippen molar-refractivity contribution in [2.24, 2.45) is 0 Å². The molecule has 0 aliphatic rings. The Bertz CT molecular complexity index is 1250. The van der Waals surface area contributed by atoms with Gasteiger partial charge in [0.25, 0.3) is 0 Å². The van der Waals surface area contributed by atoms with Crippen LogP contribution in [0.15, 0.2) is 38.0 Å². The highest BCUT2D eigenvalue weighted by Gasteiger charge is 2.29. The number of aromatic nitrogens is 2. The molecular formula is C25H31N3O7S. The number of nitrogens with zero attached hydrogens (tertiary/aromatic N) is 2. The van der Waals surface area contributed by atoms with Gasteiger partial charge in [0.1, 0.15) is 11.8 Å². The van der Waals surface area contributed by atoms with E-state index >= 15 is 0 Å². The van der Waals surface area contributed by atoms with E-state index in [-0.39, 0.29) is 41.3 Å². The van der Waals surface area contributed by atoms with E-state index in [1.165, 1.54) is 25.3 Å². The molecular weight excluding hydrogens is 486 g/mol. The number of benzene rings is 1. The van der Waals surface area contributed by atoms with E-state index < -0.39 is 23.1 Å². The molecule has 0 fully saturated rings. The summed E-state index contributed by atoms with van der Waals surface area (Å²) >= 11 is 1.62. The highest BCUT2D eigenvalue weighted by Crippen LogP contribution is 2.37.